The molecule has 1 aromatic heterocycles. The molecule has 1 unspecified atom stereocenters. The fourth-order valence-electron chi connectivity index (χ4n) is 2.07. The second-order valence-electron chi connectivity index (χ2n) is 5.49. The summed E-state index contributed by atoms with van der Waals surface area (Å²) in [6.45, 7) is 10.8. The lowest BCUT2D eigenvalue weighted by Crippen LogP contribution is -2.18. The van der Waals surface area contributed by atoms with Crippen molar-refractivity contribution in [1.29, 1.82) is 0 Å². The van der Waals surface area contributed by atoms with E-state index in [4.69, 9.17) is 13.9 Å². The van der Waals surface area contributed by atoms with Crippen molar-refractivity contribution >= 4 is 7.60 Å². The van der Waals surface area contributed by atoms with Crippen molar-refractivity contribution < 1.29 is 23.6 Å². The number of aromatic nitrogens is 2. The largest absolute Gasteiger partial charge is 0.504 e. The Morgan fingerprint density at radius 1 is 1.32 bits per heavy atom. The predicted octanol–water partition coefficient (Wildman–Crippen LogP) is 3.72. The van der Waals surface area contributed by atoms with Crippen molar-refractivity contribution in [3.05, 3.63) is 47.0 Å². The van der Waals surface area contributed by atoms with Gasteiger partial charge < -0.3 is 14.4 Å². The van der Waals surface area contributed by atoms with Crippen LogP contribution in [0.3, 0.4) is 0 Å². The Morgan fingerprint density at radius 3 is 2.52 bits per heavy atom. The summed E-state index contributed by atoms with van der Waals surface area (Å²) < 4.78 is 28.5. The Bertz CT molecular complexity index is 847. The molecule has 1 aromatic carbocycles. The molecule has 0 saturated heterocycles. The third-order valence-electron chi connectivity index (χ3n) is 3.82. The van der Waals surface area contributed by atoms with Crippen LogP contribution in [0.4, 0.5) is 0 Å². The van der Waals surface area contributed by atoms with Crippen LogP contribution < -0.4 is 14.8 Å². The van der Waals surface area contributed by atoms with Gasteiger partial charge in [-0.1, -0.05) is 6.58 Å². The summed E-state index contributed by atoms with van der Waals surface area (Å²) in [4.78, 5) is 1.37. The number of rotatable bonds is 7. The number of phenolic OH excluding ortho intramolecular Hbond substituents is 1. The van der Waals surface area contributed by atoms with Gasteiger partial charge >= 0.3 is 7.60 Å². The number of methoxy groups -OCH3 is 1. The predicted molar refractivity (Wildman–Crippen MR) is 94.7 cm³/mol. The lowest BCUT2D eigenvalue weighted by atomic mass is 10.2. The number of nitrogens with one attached hydrogen (secondary N) is 1. The van der Waals surface area contributed by atoms with Crippen molar-refractivity contribution in [1.82, 2.24) is 9.89 Å². The molecule has 1 atom stereocenters. The zero-order chi connectivity index (χ0) is 18.8. The van der Waals surface area contributed by atoms with Gasteiger partial charge in [0.1, 0.15) is 5.75 Å². The second-order valence-corrected chi connectivity index (χ2v) is 7.30. The lowest BCUT2D eigenvalue weighted by molar-refractivity contribution is 0.277. The third kappa shape index (κ3) is 3.97. The van der Waals surface area contributed by atoms with E-state index in [0.29, 0.717) is 5.56 Å². The van der Waals surface area contributed by atoms with E-state index in [0.717, 1.165) is 22.8 Å². The van der Waals surface area contributed by atoms with E-state index in [2.05, 4.69) is 17.3 Å². The van der Waals surface area contributed by atoms with E-state index >= 15 is 0 Å². The van der Waals surface area contributed by atoms with E-state index in [9.17, 15) is 9.67 Å². The Labute approximate surface area is 146 Å². The zero-order valence-electron chi connectivity index (χ0n) is 14.9. The van der Waals surface area contributed by atoms with Crippen LogP contribution in [-0.2, 0) is 9.19 Å². The van der Waals surface area contributed by atoms with Crippen LogP contribution in [0.25, 0.3) is 0 Å². The Balaban J connectivity index is 2.20. The molecule has 0 spiro atoms. The first-order valence-electron chi connectivity index (χ1n) is 7.48. The minimum Gasteiger partial charge on any atom is -0.504 e. The van der Waals surface area contributed by atoms with Gasteiger partial charge in [-0.05, 0) is 44.9 Å². The molecule has 0 aliphatic carbocycles. The van der Waals surface area contributed by atoms with Crippen molar-refractivity contribution in [2.45, 2.75) is 27.7 Å². The maximum absolute atomic E-state index is 12.8. The summed E-state index contributed by atoms with van der Waals surface area (Å²) in [5.41, 5.74) is 5.64. The molecule has 9 heteroatoms. The van der Waals surface area contributed by atoms with Crippen molar-refractivity contribution in [3.8, 4) is 17.2 Å². The molecule has 8 nitrogen and oxygen atoms in total. The molecule has 0 amide bonds. The van der Waals surface area contributed by atoms with Gasteiger partial charge in [-0.2, -0.15) is 20.1 Å². The topological polar surface area (TPSA) is 94.8 Å². The average molecular weight is 367 g/mol. The van der Waals surface area contributed by atoms with Gasteiger partial charge in [0.05, 0.1) is 18.5 Å². The molecule has 0 aliphatic rings. The number of hydrogen-bond acceptors (Lipinski definition) is 7. The minimum atomic E-state index is -3.72. The standard InChI is InChI=1S/C16H22N3O5P/c1-7-25(21,24-18-19-13(5)11(3)12(4)17-19)23-14-8-10(2)16(20)15(9-14)22-6/h7-9,18,20H,1H2,2-6H3. The first kappa shape index (κ1) is 18.9. The van der Waals surface area contributed by atoms with Gasteiger partial charge in [-0.15, -0.1) is 0 Å². The summed E-state index contributed by atoms with van der Waals surface area (Å²) in [6.07, 6.45) is 0. The van der Waals surface area contributed by atoms with Crippen LogP contribution in [0, 0.1) is 27.7 Å². The molecular weight excluding hydrogens is 345 g/mol. The van der Waals surface area contributed by atoms with Gasteiger partial charge in [0.25, 0.3) is 0 Å². The number of nitrogens with zero attached hydrogens (tertiary/aromatic N) is 2. The van der Waals surface area contributed by atoms with Crippen molar-refractivity contribution in [2.24, 2.45) is 0 Å². The van der Waals surface area contributed by atoms with Gasteiger partial charge in [0, 0.05) is 11.9 Å². The van der Waals surface area contributed by atoms with Crippen LogP contribution in [0.15, 0.2) is 24.5 Å². The smallest absolute Gasteiger partial charge is 0.425 e. The highest BCUT2D eigenvalue weighted by atomic mass is 31.2. The highest BCUT2D eigenvalue weighted by Crippen LogP contribution is 2.50. The summed E-state index contributed by atoms with van der Waals surface area (Å²) >= 11 is 0. The number of hydrogen-bond donors (Lipinski definition) is 2. The Kier molecular flexibility index (Phi) is 5.45. The van der Waals surface area contributed by atoms with Crippen LogP contribution in [0.2, 0.25) is 0 Å². The molecule has 0 radical (unpaired) electrons. The number of aryl methyl sites for hydroxylation is 2. The maximum atomic E-state index is 12.8. The molecule has 2 rings (SSSR count). The molecule has 0 saturated carbocycles. The first-order chi connectivity index (χ1) is 11.7. The van der Waals surface area contributed by atoms with Gasteiger partial charge in [0.2, 0.25) is 0 Å². The third-order valence-corrected chi connectivity index (χ3v) is 5.07. The normalized spacial score (nSPS) is 13.2. The molecular formula is C16H22N3O5P. The summed E-state index contributed by atoms with van der Waals surface area (Å²) in [5.74, 6) is 1.47. The van der Waals surface area contributed by atoms with E-state index < -0.39 is 7.60 Å². The van der Waals surface area contributed by atoms with Crippen LogP contribution in [0.1, 0.15) is 22.5 Å². The fourth-order valence-corrected chi connectivity index (χ4v) is 2.85. The number of benzene rings is 1. The van der Waals surface area contributed by atoms with Crippen LogP contribution in [0.5, 0.6) is 17.2 Å². The summed E-state index contributed by atoms with van der Waals surface area (Å²) in [7, 11) is -2.31. The van der Waals surface area contributed by atoms with Gasteiger partial charge in [-0.3, -0.25) is 0 Å². The van der Waals surface area contributed by atoms with Gasteiger partial charge in [0.15, 0.2) is 11.5 Å². The van der Waals surface area contributed by atoms with Crippen LogP contribution >= 0.6 is 7.60 Å². The Morgan fingerprint density at radius 2 is 2.00 bits per heavy atom. The summed E-state index contributed by atoms with van der Waals surface area (Å²) in [6, 6.07) is 2.93. The highest BCUT2D eigenvalue weighted by Gasteiger charge is 2.25. The molecule has 136 valence electrons. The quantitative estimate of drug-likeness (QED) is 0.569. The molecule has 2 N–H and O–H groups in total. The van der Waals surface area contributed by atoms with Crippen LogP contribution in [-0.4, -0.2) is 22.1 Å². The molecule has 0 fully saturated rings. The SMILES string of the molecule is C=CP(=O)(ONn1nc(C)c(C)c1C)Oc1cc(C)c(O)c(OC)c1. The van der Waals surface area contributed by atoms with E-state index in [1.165, 1.54) is 24.0 Å². The van der Waals surface area contributed by atoms with Crippen molar-refractivity contribution in [2.75, 3.05) is 12.7 Å². The van der Waals surface area contributed by atoms with Crippen molar-refractivity contribution in [3.63, 3.8) is 0 Å². The molecule has 25 heavy (non-hydrogen) atoms. The maximum Gasteiger partial charge on any atom is 0.425 e. The summed E-state index contributed by atoms with van der Waals surface area (Å²) in [5, 5.41) is 14.1. The molecule has 1 heterocycles. The van der Waals surface area contributed by atoms with Gasteiger partial charge in [-0.25, -0.2) is 4.57 Å². The second kappa shape index (κ2) is 7.21. The molecule has 0 bridgehead atoms. The number of aromatic hydroxyl groups is 1. The fraction of sp³-hybridized carbons (Fsp3) is 0.312. The Hall–Kier alpha value is -2.44. The van der Waals surface area contributed by atoms with E-state index in [-0.39, 0.29) is 17.2 Å². The first-order valence-corrected chi connectivity index (χ1v) is 9.10. The average Bonchev–Trinajstić information content (AvgIpc) is 2.83. The number of ether oxygens (including phenoxy) is 1. The minimum absolute atomic E-state index is 0.0135. The monoisotopic (exact) mass is 367 g/mol. The lowest BCUT2D eigenvalue weighted by Gasteiger charge is -2.18. The molecule has 0 aliphatic heterocycles. The van der Waals surface area contributed by atoms with E-state index in [1.54, 1.807) is 6.92 Å². The zero-order valence-corrected chi connectivity index (χ0v) is 15.8. The number of phenols is 1. The van der Waals surface area contributed by atoms with E-state index in [1.807, 2.05) is 20.8 Å². The highest BCUT2D eigenvalue weighted by molar-refractivity contribution is 7.57. The molecule has 2 aromatic rings.